The highest BCUT2D eigenvalue weighted by atomic mass is 35.5. The summed E-state index contributed by atoms with van der Waals surface area (Å²) in [5.41, 5.74) is 3.32. The third kappa shape index (κ3) is 6.57. The predicted octanol–water partition coefficient (Wildman–Crippen LogP) is 5.85. The van der Waals surface area contributed by atoms with Crippen molar-refractivity contribution in [2.75, 3.05) is 11.1 Å². The number of aryl methyl sites for hydroxylation is 2. The number of amides is 2. The van der Waals surface area contributed by atoms with Gasteiger partial charge in [0.2, 0.25) is 5.91 Å². The maximum Gasteiger partial charge on any atom is 0.253 e. The fourth-order valence-corrected chi connectivity index (χ4v) is 4.86. The van der Waals surface area contributed by atoms with Gasteiger partial charge in [-0.2, -0.15) is 0 Å². The van der Waals surface area contributed by atoms with Crippen LogP contribution in [0, 0.1) is 12.8 Å². The van der Waals surface area contributed by atoms with Gasteiger partial charge in [0, 0.05) is 17.8 Å². The van der Waals surface area contributed by atoms with E-state index in [4.69, 9.17) is 23.2 Å². The molecule has 3 rings (SSSR count). The van der Waals surface area contributed by atoms with E-state index in [1.165, 1.54) is 17.8 Å². The number of thioether (sulfide) groups is 1. The Labute approximate surface area is 220 Å². The standard InChI is InChI=1S/C25H29Cl2N5O2S/c1-6-16-9-7-8-15(4)22(16)28-20(33)13-35-25-31-30-23(32(25)5)21(14(2)3)29-24(34)18-11-10-17(26)12-19(18)27/h7-12,14,21H,6,13H2,1-5H3,(H,28,33)(H,29,34)/t21-/m0/s1. The Morgan fingerprint density at radius 1 is 1.14 bits per heavy atom. The van der Waals surface area contributed by atoms with Crippen LogP contribution in [-0.4, -0.2) is 32.3 Å². The number of rotatable bonds is 9. The van der Waals surface area contributed by atoms with Gasteiger partial charge in [-0.25, -0.2) is 0 Å². The monoisotopic (exact) mass is 533 g/mol. The lowest BCUT2D eigenvalue weighted by Gasteiger charge is -2.22. The molecule has 0 saturated heterocycles. The minimum atomic E-state index is -0.408. The first-order valence-electron chi connectivity index (χ1n) is 11.3. The van der Waals surface area contributed by atoms with Crippen LogP contribution in [0.2, 0.25) is 10.0 Å². The van der Waals surface area contributed by atoms with Crippen molar-refractivity contribution in [3.05, 3.63) is 69.0 Å². The van der Waals surface area contributed by atoms with Crippen LogP contribution in [0.4, 0.5) is 5.69 Å². The Morgan fingerprint density at radius 3 is 2.54 bits per heavy atom. The van der Waals surface area contributed by atoms with Crippen molar-refractivity contribution in [2.24, 2.45) is 13.0 Å². The Bertz CT molecular complexity index is 1230. The average Bonchev–Trinajstić information content (AvgIpc) is 3.16. The van der Waals surface area contributed by atoms with Crippen LogP contribution in [0.15, 0.2) is 41.6 Å². The molecule has 0 fully saturated rings. The quantitative estimate of drug-likeness (QED) is 0.336. The first-order valence-corrected chi connectivity index (χ1v) is 13.0. The molecule has 1 aromatic heterocycles. The maximum absolute atomic E-state index is 12.9. The molecular weight excluding hydrogens is 505 g/mol. The zero-order valence-corrected chi connectivity index (χ0v) is 22.7. The number of nitrogens with one attached hydrogen (secondary N) is 2. The normalized spacial score (nSPS) is 12.0. The Kier molecular flexibility index (Phi) is 9.21. The Hall–Kier alpha value is -2.55. The fourth-order valence-electron chi connectivity index (χ4n) is 3.65. The fraction of sp³-hybridized carbons (Fsp3) is 0.360. The molecule has 0 saturated carbocycles. The zero-order valence-electron chi connectivity index (χ0n) is 20.4. The van der Waals surface area contributed by atoms with Crippen molar-refractivity contribution >= 4 is 52.5 Å². The Morgan fingerprint density at radius 2 is 1.89 bits per heavy atom. The molecule has 0 radical (unpaired) electrons. The summed E-state index contributed by atoms with van der Waals surface area (Å²) in [7, 11) is 1.82. The number of benzene rings is 2. The first kappa shape index (κ1) is 27.0. The molecular formula is C25H29Cl2N5O2S. The number of hydrogen-bond donors (Lipinski definition) is 2. The highest BCUT2D eigenvalue weighted by Crippen LogP contribution is 2.27. The van der Waals surface area contributed by atoms with Crippen LogP contribution < -0.4 is 10.6 Å². The number of carbonyl (C=O) groups is 2. The molecule has 10 heteroatoms. The summed E-state index contributed by atoms with van der Waals surface area (Å²) in [5.74, 6) is 0.361. The van der Waals surface area contributed by atoms with Gasteiger partial charge in [0.05, 0.1) is 22.4 Å². The number of anilines is 1. The van der Waals surface area contributed by atoms with E-state index in [0.717, 1.165) is 23.2 Å². The van der Waals surface area contributed by atoms with Gasteiger partial charge in [0.25, 0.3) is 5.91 Å². The lowest BCUT2D eigenvalue weighted by molar-refractivity contribution is -0.113. The van der Waals surface area contributed by atoms with Crippen molar-refractivity contribution in [3.63, 3.8) is 0 Å². The molecule has 0 spiro atoms. The number of aromatic nitrogens is 3. The summed E-state index contributed by atoms with van der Waals surface area (Å²) in [5, 5.41) is 15.9. The van der Waals surface area contributed by atoms with Gasteiger partial charge in [-0.3, -0.25) is 9.59 Å². The van der Waals surface area contributed by atoms with Crippen LogP contribution in [0.1, 0.15) is 54.1 Å². The highest BCUT2D eigenvalue weighted by Gasteiger charge is 2.26. The van der Waals surface area contributed by atoms with E-state index in [2.05, 4.69) is 27.8 Å². The van der Waals surface area contributed by atoms with E-state index < -0.39 is 6.04 Å². The van der Waals surface area contributed by atoms with E-state index >= 15 is 0 Å². The first-order chi connectivity index (χ1) is 16.6. The molecule has 1 atom stereocenters. The van der Waals surface area contributed by atoms with Gasteiger partial charge >= 0.3 is 0 Å². The second-order valence-electron chi connectivity index (χ2n) is 8.52. The molecule has 2 aromatic carbocycles. The second-order valence-corrected chi connectivity index (χ2v) is 10.3. The summed E-state index contributed by atoms with van der Waals surface area (Å²) in [4.78, 5) is 25.6. The number of hydrogen-bond acceptors (Lipinski definition) is 5. The van der Waals surface area contributed by atoms with Crippen LogP contribution in [0.3, 0.4) is 0 Å². The van der Waals surface area contributed by atoms with Crippen molar-refractivity contribution in [3.8, 4) is 0 Å². The van der Waals surface area contributed by atoms with Crippen molar-refractivity contribution in [1.29, 1.82) is 0 Å². The van der Waals surface area contributed by atoms with Gasteiger partial charge in [0.1, 0.15) is 0 Å². The van der Waals surface area contributed by atoms with Gasteiger partial charge in [-0.15, -0.1) is 10.2 Å². The molecule has 2 N–H and O–H groups in total. The molecule has 0 unspecified atom stereocenters. The molecule has 2 amide bonds. The number of carbonyl (C=O) groups excluding carboxylic acids is 2. The van der Waals surface area contributed by atoms with Crippen LogP contribution in [0.5, 0.6) is 0 Å². The van der Waals surface area contributed by atoms with Crippen LogP contribution in [-0.2, 0) is 18.3 Å². The third-order valence-electron chi connectivity index (χ3n) is 5.61. The SMILES string of the molecule is CCc1cccc(C)c1NC(=O)CSc1nnc([C@@H](NC(=O)c2ccc(Cl)cc2Cl)C(C)C)n1C. The summed E-state index contributed by atoms with van der Waals surface area (Å²) in [6.45, 7) is 8.01. The van der Waals surface area contributed by atoms with E-state index in [0.29, 0.717) is 21.6 Å². The molecule has 1 heterocycles. The Balaban J connectivity index is 1.70. The second kappa shape index (κ2) is 11.9. The number of para-hydroxylation sites is 1. The van der Waals surface area contributed by atoms with E-state index in [1.807, 2.05) is 46.0 Å². The number of halogens is 2. The smallest absolute Gasteiger partial charge is 0.253 e. The molecule has 35 heavy (non-hydrogen) atoms. The lowest BCUT2D eigenvalue weighted by Crippen LogP contribution is -2.33. The largest absolute Gasteiger partial charge is 0.342 e. The molecule has 3 aromatic rings. The van der Waals surface area contributed by atoms with E-state index in [1.54, 1.807) is 16.7 Å². The van der Waals surface area contributed by atoms with E-state index in [-0.39, 0.29) is 28.5 Å². The molecule has 186 valence electrons. The minimum absolute atomic E-state index is 0.0302. The van der Waals surface area contributed by atoms with Gasteiger partial charge < -0.3 is 15.2 Å². The number of nitrogens with zero attached hydrogens (tertiary/aromatic N) is 3. The summed E-state index contributed by atoms with van der Waals surface area (Å²) in [6.07, 6.45) is 0.834. The predicted molar refractivity (Wildman–Crippen MR) is 142 cm³/mol. The lowest BCUT2D eigenvalue weighted by atomic mass is 10.0. The molecule has 0 aliphatic carbocycles. The van der Waals surface area contributed by atoms with Crippen molar-refractivity contribution in [2.45, 2.75) is 45.3 Å². The maximum atomic E-state index is 12.9. The minimum Gasteiger partial charge on any atom is -0.342 e. The molecule has 7 nitrogen and oxygen atoms in total. The van der Waals surface area contributed by atoms with Gasteiger partial charge in [-0.05, 0) is 48.6 Å². The summed E-state index contributed by atoms with van der Waals surface area (Å²) >= 11 is 13.4. The summed E-state index contributed by atoms with van der Waals surface area (Å²) < 4.78 is 1.80. The topological polar surface area (TPSA) is 88.9 Å². The third-order valence-corrected chi connectivity index (χ3v) is 7.18. The molecule has 0 aliphatic rings. The molecule has 0 bridgehead atoms. The van der Waals surface area contributed by atoms with Gasteiger partial charge in [0.15, 0.2) is 11.0 Å². The average molecular weight is 535 g/mol. The zero-order chi connectivity index (χ0) is 25.7. The van der Waals surface area contributed by atoms with Crippen molar-refractivity contribution in [1.82, 2.24) is 20.1 Å². The molecule has 0 aliphatic heterocycles. The van der Waals surface area contributed by atoms with E-state index in [9.17, 15) is 9.59 Å². The van der Waals surface area contributed by atoms with Crippen molar-refractivity contribution < 1.29 is 9.59 Å². The van der Waals surface area contributed by atoms with Gasteiger partial charge in [-0.1, -0.05) is 73.9 Å². The van der Waals surface area contributed by atoms with Crippen LogP contribution in [0.25, 0.3) is 0 Å². The highest BCUT2D eigenvalue weighted by molar-refractivity contribution is 7.99. The summed E-state index contributed by atoms with van der Waals surface area (Å²) in [6, 6.07) is 10.3. The van der Waals surface area contributed by atoms with Crippen LogP contribution >= 0.6 is 35.0 Å².